The summed E-state index contributed by atoms with van der Waals surface area (Å²) >= 11 is 0. The fourth-order valence-electron chi connectivity index (χ4n) is 12.1. The summed E-state index contributed by atoms with van der Waals surface area (Å²) in [5.74, 6) is -0.803. The maximum Gasteiger partial charge on any atom is 0.306 e. The number of phosphoric ester groups is 1. The van der Waals surface area contributed by atoms with Gasteiger partial charge in [0.25, 0.3) is 7.82 Å². The van der Waals surface area contributed by atoms with E-state index in [0.29, 0.717) is 17.4 Å². The molecule has 10 heteroatoms. The molecule has 518 valence electrons. The zero-order chi connectivity index (χ0) is 63.4. The highest BCUT2D eigenvalue weighted by atomic mass is 31.2. The Labute approximate surface area is 543 Å². The van der Waals surface area contributed by atoms with Gasteiger partial charge in [-0.25, -0.2) is 0 Å². The van der Waals surface area contributed by atoms with Crippen LogP contribution in [0, 0.1) is 0 Å². The molecule has 0 aromatic carbocycles. The minimum absolute atomic E-state index is 0.0255. The maximum absolute atomic E-state index is 12.9. The number of nitrogens with zero attached hydrogens (tertiary/aromatic N) is 1. The molecule has 2 atom stereocenters. The molecular formula is C77H152NO8P. The Hall–Kier alpha value is -1.25. The van der Waals surface area contributed by atoms with Gasteiger partial charge in [-0.1, -0.05) is 379 Å². The number of carbonyl (C=O) groups excluding carboxylic acids is 2. The van der Waals surface area contributed by atoms with Gasteiger partial charge in [0.15, 0.2) is 6.10 Å². The predicted molar refractivity (Wildman–Crippen MR) is 375 cm³/mol. The number of likely N-dealkylation sites (N-methyl/N-ethyl adjacent to an activating group) is 1. The molecule has 87 heavy (non-hydrogen) atoms. The molecule has 0 aliphatic rings. The lowest BCUT2D eigenvalue weighted by atomic mass is 10.0. The average Bonchev–Trinajstić information content (AvgIpc) is 3.67. The fraction of sp³-hybridized carbons (Fsp3) is 0.948. The van der Waals surface area contributed by atoms with Gasteiger partial charge in [-0.05, 0) is 38.5 Å². The summed E-state index contributed by atoms with van der Waals surface area (Å²) in [5, 5.41) is 0. The van der Waals surface area contributed by atoms with Crippen molar-refractivity contribution in [2.24, 2.45) is 0 Å². The first-order chi connectivity index (χ1) is 42.5. The molecule has 0 amide bonds. The minimum atomic E-state index is -4.64. The van der Waals surface area contributed by atoms with E-state index in [1.54, 1.807) is 0 Å². The third-order valence-corrected chi connectivity index (χ3v) is 19.0. The van der Waals surface area contributed by atoms with Gasteiger partial charge >= 0.3 is 11.9 Å². The first-order valence-electron chi connectivity index (χ1n) is 38.9. The van der Waals surface area contributed by atoms with Crippen LogP contribution in [0.4, 0.5) is 0 Å². The standard InChI is InChI=1S/C77H152NO8P/c1-6-8-10-12-14-16-18-20-22-24-26-28-30-32-34-36-37-38-39-40-41-42-44-46-48-50-52-54-56-58-60-62-64-66-68-70-77(80)86-75(74-85-87(81,82)84-72-71-78(3,4)5)73-83-76(79)69-67-65-63-61-59-57-55-53-51-49-47-45-43-35-33-31-29-27-25-23-21-19-17-15-13-11-9-7-2/h24,26,75H,6-23,25,27-74H2,1-5H3/b26-24-. The van der Waals surface area contributed by atoms with Crippen molar-refractivity contribution in [3.63, 3.8) is 0 Å². The van der Waals surface area contributed by atoms with Crippen molar-refractivity contribution in [2.75, 3.05) is 47.5 Å². The van der Waals surface area contributed by atoms with Crippen LogP contribution >= 0.6 is 7.82 Å². The molecule has 0 saturated heterocycles. The summed E-state index contributed by atoms with van der Waals surface area (Å²) in [7, 11) is 1.20. The first-order valence-corrected chi connectivity index (χ1v) is 40.4. The third-order valence-electron chi connectivity index (χ3n) is 18.0. The summed E-state index contributed by atoms with van der Waals surface area (Å²) in [6, 6.07) is 0. The second-order valence-electron chi connectivity index (χ2n) is 28.1. The SMILES string of the molecule is CCCCCCCCCC/C=C\CCCCCCCCCCCCCCCCCCCCCCCCCC(=O)OC(COC(=O)CCCCCCCCCCCCCCCCCCCCCCCCCCCCCC)COP(=O)([O-])OCC[N+](C)(C)C. The molecule has 9 nitrogen and oxygen atoms in total. The van der Waals surface area contributed by atoms with E-state index in [9.17, 15) is 19.0 Å². The summed E-state index contributed by atoms with van der Waals surface area (Å²) < 4.78 is 34.4. The van der Waals surface area contributed by atoms with E-state index in [4.69, 9.17) is 18.5 Å². The Morgan fingerprint density at radius 3 is 0.851 bits per heavy atom. The molecule has 0 bridgehead atoms. The molecule has 0 fully saturated rings. The molecule has 0 aromatic heterocycles. The number of quaternary nitrogens is 1. The Morgan fingerprint density at radius 1 is 0.345 bits per heavy atom. The van der Waals surface area contributed by atoms with Crippen molar-refractivity contribution in [3.8, 4) is 0 Å². The van der Waals surface area contributed by atoms with Gasteiger partial charge in [0, 0.05) is 12.8 Å². The number of allylic oxidation sites excluding steroid dienone is 2. The van der Waals surface area contributed by atoms with Crippen LogP contribution in [-0.2, 0) is 32.7 Å². The highest BCUT2D eigenvalue weighted by Gasteiger charge is 2.22. The van der Waals surface area contributed by atoms with E-state index in [1.165, 1.54) is 353 Å². The number of unbranched alkanes of at least 4 members (excludes halogenated alkanes) is 58. The van der Waals surface area contributed by atoms with Crippen LogP contribution in [0.5, 0.6) is 0 Å². The van der Waals surface area contributed by atoms with E-state index in [1.807, 2.05) is 21.1 Å². The Bertz CT molecular complexity index is 1470. The van der Waals surface area contributed by atoms with Crippen molar-refractivity contribution in [3.05, 3.63) is 12.2 Å². The Morgan fingerprint density at radius 2 is 0.586 bits per heavy atom. The maximum atomic E-state index is 12.9. The zero-order valence-electron chi connectivity index (χ0n) is 59.3. The Kier molecular flexibility index (Phi) is 68.1. The minimum Gasteiger partial charge on any atom is -0.756 e. The summed E-state index contributed by atoms with van der Waals surface area (Å²) in [5.41, 5.74) is 0. The zero-order valence-corrected chi connectivity index (χ0v) is 60.2. The van der Waals surface area contributed by atoms with E-state index in [2.05, 4.69) is 26.0 Å². The second-order valence-corrected chi connectivity index (χ2v) is 29.5. The molecule has 0 aliphatic carbocycles. The molecule has 0 heterocycles. The van der Waals surface area contributed by atoms with Crippen LogP contribution in [0.15, 0.2) is 12.2 Å². The highest BCUT2D eigenvalue weighted by Crippen LogP contribution is 2.38. The van der Waals surface area contributed by atoms with Crippen LogP contribution in [0.2, 0.25) is 0 Å². The molecule has 0 rings (SSSR count). The van der Waals surface area contributed by atoms with E-state index >= 15 is 0 Å². The summed E-state index contributed by atoms with van der Waals surface area (Å²) in [6.45, 7) is 4.34. The molecule has 2 unspecified atom stereocenters. The van der Waals surface area contributed by atoms with Crippen molar-refractivity contribution in [2.45, 2.75) is 424 Å². The molecule has 0 spiro atoms. The van der Waals surface area contributed by atoms with Crippen LogP contribution in [-0.4, -0.2) is 70.0 Å². The highest BCUT2D eigenvalue weighted by molar-refractivity contribution is 7.45. The lowest BCUT2D eigenvalue weighted by Crippen LogP contribution is -2.37. The van der Waals surface area contributed by atoms with Gasteiger partial charge in [0.05, 0.1) is 27.7 Å². The normalized spacial score (nSPS) is 13.0. The van der Waals surface area contributed by atoms with Crippen LogP contribution in [0.1, 0.15) is 418 Å². The lowest BCUT2D eigenvalue weighted by molar-refractivity contribution is -0.870. The monoisotopic (exact) mass is 1250 g/mol. The van der Waals surface area contributed by atoms with Crippen molar-refractivity contribution >= 4 is 19.8 Å². The van der Waals surface area contributed by atoms with E-state index in [-0.39, 0.29) is 32.0 Å². The molecule has 0 N–H and O–H groups in total. The van der Waals surface area contributed by atoms with Crippen molar-refractivity contribution in [1.82, 2.24) is 0 Å². The number of carbonyl (C=O) groups is 2. The number of hydrogen-bond donors (Lipinski definition) is 0. The van der Waals surface area contributed by atoms with Gasteiger partial charge in [-0.3, -0.25) is 14.2 Å². The van der Waals surface area contributed by atoms with E-state index in [0.717, 1.165) is 32.1 Å². The second kappa shape index (κ2) is 69.1. The van der Waals surface area contributed by atoms with Crippen LogP contribution in [0.25, 0.3) is 0 Å². The largest absolute Gasteiger partial charge is 0.756 e. The number of hydrogen-bond acceptors (Lipinski definition) is 8. The lowest BCUT2D eigenvalue weighted by Gasteiger charge is -2.28. The summed E-state index contributed by atoms with van der Waals surface area (Å²) in [4.78, 5) is 38.1. The fourth-order valence-corrected chi connectivity index (χ4v) is 12.8. The van der Waals surface area contributed by atoms with Gasteiger partial charge in [0.1, 0.15) is 19.8 Å². The van der Waals surface area contributed by atoms with Gasteiger partial charge < -0.3 is 27.9 Å². The molecule has 0 radical (unpaired) electrons. The number of ether oxygens (including phenoxy) is 2. The molecular weight excluding hydrogens is 1100 g/mol. The summed E-state index contributed by atoms with van der Waals surface area (Å²) in [6.07, 6.45) is 86.2. The van der Waals surface area contributed by atoms with E-state index < -0.39 is 26.5 Å². The predicted octanol–water partition coefficient (Wildman–Crippen LogP) is 24.8. The number of esters is 2. The molecule has 0 saturated carbocycles. The third kappa shape index (κ3) is 73.7. The van der Waals surface area contributed by atoms with Crippen LogP contribution in [0.3, 0.4) is 0 Å². The Balaban J connectivity index is 3.91. The number of rotatable bonds is 74. The smallest absolute Gasteiger partial charge is 0.306 e. The molecule has 0 aromatic rings. The first kappa shape index (κ1) is 85.8. The quantitative estimate of drug-likeness (QED) is 0.0195. The number of phosphoric acid groups is 1. The van der Waals surface area contributed by atoms with Gasteiger partial charge in [-0.15, -0.1) is 0 Å². The van der Waals surface area contributed by atoms with Crippen molar-refractivity contribution in [1.29, 1.82) is 0 Å². The molecule has 0 aliphatic heterocycles. The van der Waals surface area contributed by atoms with Gasteiger partial charge in [0.2, 0.25) is 0 Å². The van der Waals surface area contributed by atoms with Crippen LogP contribution < -0.4 is 4.89 Å². The average molecular weight is 1250 g/mol. The van der Waals surface area contributed by atoms with Gasteiger partial charge in [-0.2, -0.15) is 0 Å². The topological polar surface area (TPSA) is 111 Å². The van der Waals surface area contributed by atoms with Crippen molar-refractivity contribution < 1.29 is 42.1 Å².